The summed E-state index contributed by atoms with van der Waals surface area (Å²) in [5.74, 6) is 0.136. The fraction of sp³-hybridized carbons (Fsp3) is 0.643. The summed E-state index contributed by atoms with van der Waals surface area (Å²) in [6.45, 7) is 0.534. The lowest BCUT2D eigenvalue weighted by atomic mass is 9.81. The first-order chi connectivity index (χ1) is 17.0. The van der Waals surface area contributed by atoms with Crippen LogP contribution in [0.15, 0.2) is 24.3 Å². The summed E-state index contributed by atoms with van der Waals surface area (Å²) in [6.07, 6.45) is 10.8. The normalized spacial score (nSPS) is 24.5. The van der Waals surface area contributed by atoms with Crippen molar-refractivity contribution in [2.24, 2.45) is 17.8 Å². The first kappa shape index (κ1) is 24.0. The maximum atomic E-state index is 13.7. The van der Waals surface area contributed by atoms with Crippen molar-refractivity contribution < 1.29 is 19.2 Å². The molecule has 3 amide bonds. The summed E-state index contributed by atoms with van der Waals surface area (Å²) in [5.41, 5.74) is 2.41. The largest absolute Gasteiger partial charge is 0.331 e. The van der Waals surface area contributed by atoms with Gasteiger partial charge in [0.1, 0.15) is 12.3 Å². The van der Waals surface area contributed by atoms with Gasteiger partial charge in [-0.15, -0.1) is 0 Å². The van der Waals surface area contributed by atoms with Crippen LogP contribution in [0.2, 0.25) is 0 Å². The first-order valence-corrected chi connectivity index (χ1v) is 13.5. The summed E-state index contributed by atoms with van der Waals surface area (Å²) in [5, 5.41) is 6.00. The van der Waals surface area contributed by atoms with Gasteiger partial charge < -0.3 is 20.3 Å². The van der Waals surface area contributed by atoms with Gasteiger partial charge in [0.05, 0.1) is 12.1 Å². The number of likely N-dealkylation sites (tertiary alicyclic amines) is 1. The van der Waals surface area contributed by atoms with Crippen molar-refractivity contribution in [1.29, 1.82) is 0 Å². The van der Waals surface area contributed by atoms with E-state index in [1.54, 1.807) is 4.90 Å². The third-order valence-electron chi connectivity index (χ3n) is 8.54. The standard InChI is InChI=1S/C28H37N3O4/c32-17-23-11-6-14-31(23)27(34)25(22-15-20-9-4-5-10-21(20)16-22)30-28(35)29-24(26(33)19-12-13-19)18-7-2-1-3-8-18/h4-5,9-10,17-19,22-25H,1-3,6-8,11-16H2,(H2,29,30,35)/t23-,24?,25?/m0/s1. The Labute approximate surface area is 207 Å². The minimum Gasteiger partial charge on any atom is -0.331 e. The van der Waals surface area contributed by atoms with Crippen LogP contribution in [0.3, 0.4) is 0 Å². The quantitative estimate of drug-likeness (QED) is 0.560. The van der Waals surface area contributed by atoms with E-state index in [9.17, 15) is 19.2 Å². The molecule has 0 spiro atoms. The van der Waals surface area contributed by atoms with E-state index in [1.165, 1.54) is 17.5 Å². The molecule has 0 aromatic heterocycles. The summed E-state index contributed by atoms with van der Waals surface area (Å²) >= 11 is 0. The Balaban J connectivity index is 1.33. The van der Waals surface area contributed by atoms with Gasteiger partial charge >= 0.3 is 6.03 Å². The van der Waals surface area contributed by atoms with Crippen LogP contribution in [0.25, 0.3) is 0 Å². The van der Waals surface area contributed by atoms with Crippen molar-refractivity contribution in [3.63, 3.8) is 0 Å². The summed E-state index contributed by atoms with van der Waals surface area (Å²) < 4.78 is 0. The maximum Gasteiger partial charge on any atom is 0.316 e. The zero-order valence-corrected chi connectivity index (χ0v) is 20.4. The minimum atomic E-state index is -0.731. The van der Waals surface area contributed by atoms with Crippen LogP contribution >= 0.6 is 0 Å². The maximum absolute atomic E-state index is 13.7. The first-order valence-electron chi connectivity index (χ1n) is 13.5. The molecule has 1 saturated heterocycles. The van der Waals surface area contributed by atoms with Crippen LogP contribution in [-0.4, -0.2) is 53.6 Å². The molecular formula is C28H37N3O4. The number of aldehydes is 1. The average molecular weight is 480 g/mol. The molecular weight excluding hydrogens is 442 g/mol. The highest BCUT2D eigenvalue weighted by Crippen LogP contribution is 2.36. The van der Waals surface area contributed by atoms with Crippen LogP contribution in [-0.2, 0) is 27.2 Å². The number of hydrogen-bond acceptors (Lipinski definition) is 4. The number of benzene rings is 1. The van der Waals surface area contributed by atoms with Crippen molar-refractivity contribution in [2.75, 3.05) is 6.54 Å². The van der Waals surface area contributed by atoms with E-state index in [2.05, 4.69) is 22.8 Å². The monoisotopic (exact) mass is 479 g/mol. The highest BCUT2D eigenvalue weighted by Gasteiger charge is 2.42. The number of hydrogen-bond donors (Lipinski definition) is 2. The molecule has 188 valence electrons. The highest BCUT2D eigenvalue weighted by atomic mass is 16.2. The minimum absolute atomic E-state index is 0.0712. The fourth-order valence-corrected chi connectivity index (χ4v) is 6.43. The number of rotatable bonds is 8. The van der Waals surface area contributed by atoms with E-state index in [0.29, 0.717) is 25.8 Å². The molecule has 5 rings (SSSR count). The topological polar surface area (TPSA) is 95.6 Å². The fourth-order valence-electron chi connectivity index (χ4n) is 6.43. The van der Waals surface area contributed by atoms with Crippen molar-refractivity contribution >= 4 is 24.0 Å². The molecule has 7 heteroatoms. The molecule has 0 radical (unpaired) electrons. The van der Waals surface area contributed by atoms with Gasteiger partial charge in [0, 0.05) is 12.5 Å². The Morgan fingerprint density at radius 2 is 1.49 bits per heavy atom. The van der Waals surface area contributed by atoms with Gasteiger partial charge in [-0.1, -0.05) is 43.5 Å². The number of Topliss-reactive ketones (excluding diaryl/α,β-unsaturated/α-hetero) is 1. The molecule has 1 aromatic carbocycles. The molecule has 0 bridgehead atoms. The summed E-state index contributed by atoms with van der Waals surface area (Å²) in [6, 6.07) is 6.08. The number of urea groups is 1. The number of carbonyl (C=O) groups excluding carboxylic acids is 4. The molecule has 2 unspecified atom stereocenters. The second kappa shape index (κ2) is 10.5. The van der Waals surface area contributed by atoms with E-state index >= 15 is 0 Å². The van der Waals surface area contributed by atoms with Crippen molar-refractivity contribution in [1.82, 2.24) is 15.5 Å². The zero-order valence-electron chi connectivity index (χ0n) is 20.4. The number of amides is 3. The molecule has 1 aliphatic heterocycles. The molecule has 7 nitrogen and oxygen atoms in total. The highest BCUT2D eigenvalue weighted by molar-refractivity contribution is 5.94. The predicted molar refractivity (Wildman–Crippen MR) is 132 cm³/mol. The van der Waals surface area contributed by atoms with Crippen LogP contribution in [0.4, 0.5) is 4.79 Å². The van der Waals surface area contributed by atoms with E-state index in [0.717, 1.165) is 51.2 Å². The Kier molecular flexibility index (Phi) is 7.21. The van der Waals surface area contributed by atoms with Gasteiger partial charge in [0.25, 0.3) is 0 Å². The molecule has 3 fully saturated rings. The Morgan fingerprint density at radius 3 is 2.11 bits per heavy atom. The van der Waals surface area contributed by atoms with Crippen LogP contribution in [0.1, 0.15) is 68.9 Å². The molecule has 2 saturated carbocycles. The third-order valence-corrected chi connectivity index (χ3v) is 8.54. The van der Waals surface area contributed by atoms with Gasteiger partial charge in [-0.3, -0.25) is 9.59 Å². The zero-order chi connectivity index (χ0) is 24.4. The van der Waals surface area contributed by atoms with E-state index < -0.39 is 24.2 Å². The van der Waals surface area contributed by atoms with Gasteiger partial charge in [-0.25, -0.2) is 4.79 Å². The molecule has 1 aromatic rings. The van der Waals surface area contributed by atoms with Crippen molar-refractivity contribution in [3.05, 3.63) is 35.4 Å². The second-order valence-electron chi connectivity index (χ2n) is 11.0. The smallest absolute Gasteiger partial charge is 0.316 e. The summed E-state index contributed by atoms with van der Waals surface area (Å²) in [4.78, 5) is 53.4. The van der Waals surface area contributed by atoms with Gasteiger partial charge in [-0.2, -0.15) is 0 Å². The predicted octanol–water partition coefficient (Wildman–Crippen LogP) is 3.19. The Hall–Kier alpha value is -2.70. The molecule has 4 aliphatic rings. The average Bonchev–Trinajstić information content (AvgIpc) is 3.46. The molecule has 3 aliphatic carbocycles. The Bertz CT molecular complexity index is 944. The lowest BCUT2D eigenvalue weighted by Gasteiger charge is -2.33. The second-order valence-corrected chi connectivity index (χ2v) is 11.0. The molecule has 1 heterocycles. The lowest BCUT2D eigenvalue weighted by molar-refractivity contribution is -0.137. The SMILES string of the molecule is O=C[C@@H]1CCCN1C(=O)C(NC(=O)NC(C(=O)C1CC1)C1CCCCC1)C1Cc2ccccc2C1. The number of nitrogens with zero attached hydrogens (tertiary/aromatic N) is 1. The molecule has 3 atom stereocenters. The number of ketones is 1. The Morgan fingerprint density at radius 1 is 0.829 bits per heavy atom. The van der Waals surface area contributed by atoms with Gasteiger partial charge in [0.2, 0.25) is 5.91 Å². The molecule has 35 heavy (non-hydrogen) atoms. The lowest BCUT2D eigenvalue weighted by Crippen LogP contribution is -2.58. The third kappa shape index (κ3) is 5.29. The van der Waals surface area contributed by atoms with E-state index in [1.807, 2.05) is 12.1 Å². The molecule has 2 N–H and O–H groups in total. The van der Waals surface area contributed by atoms with E-state index in [-0.39, 0.29) is 29.4 Å². The van der Waals surface area contributed by atoms with Crippen LogP contribution in [0.5, 0.6) is 0 Å². The van der Waals surface area contributed by atoms with Crippen molar-refractivity contribution in [2.45, 2.75) is 88.8 Å². The van der Waals surface area contributed by atoms with Crippen molar-refractivity contribution in [3.8, 4) is 0 Å². The van der Waals surface area contributed by atoms with Gasteiger partial charge in [0.15, 0.2) is 5.78 Å². The van der Waals surface area contributed by atoms with Crippen LogP contribution in [0, 0.1) is 17.8 Å². The number of fused-ring (bicyclic) bond motifs is 1. The van der Waals surface area contributed by atoms with Crippen LogP contribution < -0.4 is 10.6 Å². The van der Waals surface area contributed by atoms with Gasteiger partial charge in [-0.05, 0) is 74.3 Å². The van der Waals surface area contributed by atoms with E-state index in [4.69, 9.17) is 0 Å². The number of carbonyl (C=O) groups is 4. The summed E-state index contributed by atoms with van der Waals surface area (Å²) in [7, 11) is 0. The number of nitrogens with one attached hydrogen (secondary N) is 2.